The van der Waals surface area contributed by atoms with E-state index < -0.39 is 27.5 Å². The maximum Gasteiger partial charge on any atom is 0.295 e. The first kappa shape index (κ1) is 22.1. The molecule has 1 aliphatic heterocycles. The molecular weight excluding hydrogens is 446 g/mol. The van der Waals surface area contributed by atoms with Crippen LogP contribution in [-0.4, -0.2) is 19.4 Å². The molecule has 0 radical (unpaired) electrons. The fourth-order valence-corrected chi connectivity index (χ4v) is 5.56. The molecule has 1 aliphatic rings. The molecule has 32 heavy (non-hydrogen) atoms. The molecule has 3 aromatic carbocycles. The molecule has 0 aliphatic carbocycles. The molecule has 0 fully saturated rings. The SMILES string of the molecule is CCc1ccc([C@@H]2C(S(=O)(=O)c3ccc(C)cc3)=C(O)C(=O)N2c2ccc(Cl)cc2)cc1. The van der Waals surface area contributed by atoms with Crippen LogP contribution in [-0.2, 0) is 21.1 Å². The molecule has 0 unspecified atom stereocenters. The monoisotopic (exact) mass is 467 g/mol. The van der Waals surface area contributed by atoms with E-state index in [0.717, 1.165) is 17.5 Å². The summed E-state index contributed by atoms with van der Waals surface area (Å²) < 4.78 is 27.2. The van der Waals surface area contributed by atoms with Crippen LogP contribution in [0.4, 0.5) is 5.69 Å². The summed E-state index contributed by atoms with van der Waals surface area (Å²) in [4.78, 5) is 14.2. The third-order valence-electron chi connectivity index (χ3n) is 5.59. The number of carbonyl (C=O) groups excluding carboxylic acids is 1. The van der Waals surface area contributed by atoms with Crippen LogP contribution in [0.1, 0.15) is 29.7 Å². The molecule has 4 rings (SSSR count). The van der Waals surface area contributed by atoms with Crippen LogP contribution >= 0.6 is 11.6 Å². The van der Waals surface area contributed by atoms with Gasteiger partial charge in [0.25, 0.3) is 5.91 Å². The van der Waals surface area contributed by atoms with Gasteiger partial charge in [0.1, 0.15) is 10.9 Å². The van der Waals surface area contributed by atoms with E-state index in [9.17, 15) is 18.3 Å². The summed E-state index contributed by atoms with van der Waals surface area (Å²) in [7, 11) is -4.16. The zero-order valence-corrected chi connectivity index (χ0v) is 19.2. The number of aliphatic hydroxyl groups is 1. The first-order valence-electron chi connectivity index (χ1n) is 10.2. The van der Waals surface area contributed by atoms with E-state index >= 15 is 0 Å². The second-order valence-electron chi connectivity index (χ2n) is 7.68. The molecule has 1 amide bonds. The average Bonchev–Trinajstić information content (AvgIpc) is 3.06. The van der Waals surface area contributed by atoms with E-state index in [4.69, 9.17) is 11.6 Å². The highest BCUT2D eigenvalue weighted by molar-refractivity contribution is 7.95. The van der Waals surface area contributed by atoms with E-state index in [0.29, 0.717) is 16.3 Å². The molecule has 0 aromatic heterocycles. The van der Waals surface area contributed by atoms with Crippen molar-refractivity contribution in [2.24, 2.45) is 0 Å². The Kier molecular flexibility index (Phi) is 5.84. The number of hydrogen-bond donors (Lipinski definition) is 1. The van der Waals surface area contributed by atoms with Gasteiger partial charge in [-0.15, -0.1) is 0 Å². The lowest BCUT2D eigenvalue weighted by molar-refractivity contribution is -0.117. The van der Waals surface area contributed by atoms with E-state index in [2.05, 4.69) is 0 Å². The molecule has 0 saturated heterocycles. The lowest BCUT2D eigenvalue weighted by Gasteiger charge is -2.27. The van der Waals surface area contributed by atoms with Crippen LogP contribution in [0, 0.1) is 6.92 Å². The third kappa shape index (κ3) is 3.80. The van der Waals surface area contributed by atoms with Gasteiger partial charge in [-0.05, 0) is 60.9 Å². The maximum atomic E-state index is 13.6. The summed E-state index contributed by atoms with van der Waals surface area (Å²) in [5.41, 5.74) is 3.00. The first-order chi connectivity index (χ1) is 15.2. The summed E-state index contributed by atoms with van der Waals surface area (Å²) in [5.74, 6) is -1.55. The minimum absolute atomic E-state index is 0.0191. The fraction of sp³-hybridized carbons (Fsp3) is 0.160. The third-order valence-corrected chi connectivity index (χ3v) is 7.73. The van der Waals surface area contributed by atoms with Gasteiger partial charge in [-0.3, -0.25) is 9.69 Å². The molecule has 164 valence electrons. The average molecular weight is 468 g/mol. The molecule has 5 nitrogen and oxygen atoms in total. The molecule has 0 saturated carbocycles. The maximum absolute atomic E-state index is 13.6. The van der Waals surface area contributed by atoms with Crippen molar-refractivity contribution in [2.75, 3.05) is 4.90 Å². The number of amides is 1. The van der Waals surface area contributed by atoms with Crippen molar-refractivity contribution < 1.29 is 18.3 Å². The van der Waals surface area contributed by atoms with Crippen LogP contribution in [0.25, 0.3) is 0 Å². The van der Waals surface area contributed by atoms with Gasteiger partial charge < -0.3 is 5.11 Å². The summed E-state index contributed by atoms with van der Waals surface area (Å²) in [6, 6.07) is 19.2. The Bertz CT molecular complexity index is 1300. The number of aliphatic hydroxyl groups excluding tert-OH is 1. The normalized spacial score (nSPS) is 16.7. The lowest BCUT2D eigenvalue weighted by Crippen LogP contribution is -2.31. The molecule has 3 aromatic rings. The Morgan fingerprint density at radius 1 is 0.938 bits per heavy atom. The van der Waals surface area contributed by atoms with Crippen LogP contribution in [0.3, 0.4) is 0 Å². The predicted octanol–water partition coefficient (Wildman–Crippen LogP) is 5.54. The summed E-state index contributed by atoms with van der Waals surface area (Å²) in [6.07, 6.45) is 0.820. The second-order valence-corrected chi connectivity index (χ2v) is 10.0. The zero-order valence-electron chi connectivity index (χ0n) is 17.6. The van der Waals surface area contributed by atoms with E-state index in [1.807, 2.05) is 26.0 Å². The van der Waals surface area contributed by atoms with Gasteiger partial charge in [0, 0.05) is 10.7 Å². The number of hydrogen-bond acceptors (Lipinski definition) is 4. The molecular formula is C25H22ClNO4S. The Balaban J connectivity index is 1.92. The minimum atomic E-state index is -4.16. The molecule has 0 bridgehead atoms. The minimum Gasteiger partial charge on any atom is -0.502 e. The van der Waals surface area contributed by atoms with Gasteiger partial charge in [-0.25, -0.2) is 8.42 Å². The van der Waals surface area contributed by atoms with Gasteiger partial charge in [0.15, 0.2) is 5.76 Å². The highest BCUT2D eigenvalue weighted by atomic mass is 35.5. The summed E-state index contributed by atoms with van der Waals surface area (Å²) in [5, 5.41) is 11.3. The first-order valence-corrected chi connectivity index (χ1v) is 12.0. The van der Waals surface area contributed by atoms with Crippen molar-refractivity contribution in [3.63, 3.8) is 0 Å². The number of halogens is 1. The number of carbonyl (C=O) groups is 1. The quantitative estimate of drug-likeness (QED) is 0.534. The lowest BCUT2D eigenvalue weighted by atomic mass is 10.0. The van der Waals surface area contributed by atoms with E-state index in [1.54, 1.807) is 48.5 Å². The highest BCUT2D eigenvalue weighted by Crippen LogP contribution is 2.45. The topological polar surface area (TPSA) is 74.7 Å². The number of aryl methyl sites for hydroxylation is 2. The molecule has 7 heteroatoms. The van der Waals surface area contributed by atoms with Crippen LogP contribution in [0.15, 0.2) is 88.4 Å². The van der Waals surface area contributed by atoms with Crippen molar-refractivity contribution >= 4 is 33.0 Å². The van der Waals surface area contributed by atoms with E-state index in [-0.39, 0.29) is 9.80 Å². The van der Waals surface area contributed by atoms with Gasteiger partial charge in [-0.1, -0.05) is 60.5 Å². The smallest absolute Gasteiger partial charge is 0.295 e. The Morgan fingerprint density at radius 3 is 2.09 bits per heavy atom. The predicted molar refractivity (Wildman–Crippen MR) is 126 cm³/mol. The Labute approximate surface area is 192 Å². The van der Waals surface area contributed by atoms with Crippen molar-refractivity contribution in [2.45, 2.75) is 31.2 Å². The number of sulfone groups is 1. The van der Waals surface area contributed by atoms with Gasteiger partial charge >= 0.3 is 0 Å². The van der Waals surface area contributed by atoms with Gasteiger partial charge in [-0.2, -0.15) is 0 Å². The number of rotatable bonds is 5. The number of nitrogens with zero attached hydrogens (tertiary/aromatic N) is 1. The molecule has 0 spiro atoms. The van der Waals surface area contributed by atoms with E-state index in [1.165, 1.54) is 17.0 Å². The summed E-state index contributed by atoms with van der Waals surface area (Å²) in [6.45, 7) is 3.87. The second kappa shape index (κ2) is 8.45. The highest BCUT2D eigenvalue weighted by Gasteiger charge is 2.47. The number of benzene rings is 3. The van der Waals surface area contributed by atoms with Crippen molar-refractivity contribution in [3.05, 3.63) is 105 Å². The van der Waals surface area contributed by atoms with Gasteiger partial charge in [0.05, 0.1) is 4.90 Å². The fourth-order valence-electron chi connectivity index (χ4n) is 3.81. The Morgan fingerprint density at radius 2 is 1.53 bits per heavy atom. The standard InChI is InChI=1S/C25H22ClNO4S/c1-3-17-6-8-18(9-7-17)22-24(32(30,31)21-14-4-16(2)5-15-21)23(28)25(29)27(22)20-12-10-19(26)11-13-20/h4-15,22,28H,3H2,1-2H3/t22-/m1/s1. The van der Waals surface area contributed by atoms with Crippen LogP contribution < -0.4 is 4.90 Å². The molecule has 1 N–H and O–H groups in total. The van der Waals surface area contributed by atoms with Crippen LogP contribution in [0.2, 0.25) is 5.02 Å². The van der Waals surface area contributed by atoms with Crippen LogP contribution in [0.5, 0.6) is 0 Å². The van der Waals surface area contributed by atoms with Crippen molar-refractivity contribution in [1.29, 1.82) is 0 Å². The summed E-state index contributed by atoms with van der Waals surface area (Å²) >= 11 is 6.01. The van der Waals surface area contributed by atoms with Crippen molar-refractivity contribution in [3.8, 4) is 0 Å². The largest absolute Gasteiger partial charge is 0.502 e. The van der Waals surface area contributed by atoms with Gasteiger partial charge in [0.2, 0.25) is 9.84 Å². The molecule has 1 atom stereocenters. The van der Waals surface area contributed by atoms with Crippen molar-refractivity contribution in [1.82, 2.24) is 0 Å². The Hall–Kier alpha value is -3.09. The molecule has 1 heterocycles. The number of anilines is 1. The zero-order chi connectivity index (χ0) is 23.0.